The third-order valence-electron chi connectivity index (χ3n) is 4.66. The molecule has 122 valence electrons. The van der Waals surface area contributed by atoms with Gasteiger partial charge in [-0.15, -0.1) is 0 Å². The summed E-state index contributed by atoms with van der Waals surface area (Å²) in [5.41, 5.74) is 8.33. The molecule has 0 aliphatic carbocycles. The standard InChI is InChI=1S/C17H17N5O2/c1-2-15(23)20-9-13(10-20)22-8-11-3-4-12(7-14(11)16(22)24)21-6-5-19-17(21)18/h2-7,13H,1,8-10H2,(H2,18,19). The molecule has 1 aromatic carbocycles. The van der Waals surface area contributed by atoms with Crippen LogP contribution in [0.15, 0.2) is 43.2 Å². The lowest BCUT2D eigenvalue weighted by molar-refractivity contribution is -0.132. The van der Waals surface area contributed by atoms with Crippen molar-refractivity contribution >= 4 is 17.8 Å². The predicted octanol–water partition coefficient (Wildman–Crippen LogP) is 0.807. The molecule has 2 amide bonds. The van der Waals surface area contributed by atoms with E-state index in [-0.39, 0.29) is 17.9 Å². The largest absolute Gasteiger partial charge is 0.369 e. The number of aromatic nitrogens is 2. The molecule has 7 heteroatoms. The van der Waals surface area contributed by atoms with Crippen LogP contribution in [-0.2, 0) is 11.3 Å². The number of fused-ring (bicyclic) bond motifs is 1. The molecule has 2 aliphatic rings. The maximum atomic E-state index is 12.7. The molecule has 1 fully saturated rings. The van der Waals surface area contributed by atoms with Gasteiger partial charge in [0.25, 0.3) is 5.91 Å². The van der Waals surface area contributed by atoms with Gasteiger partial charge in [-0.3, -0.25) is 14.2 Å². The van der Waals surface area contributed by atoms with Crippen molar-refractivity contribution in [3.05, 3.63) is 54.4 Å². The fourth-order valence-electron chi connectivity index (χ4n) is 3.25. The van der Waals surface area contributed by atoms with E-state index in [1.807, 2.05) is 23.1 Å². The fourth-order valence-corrected chi connectivity index (χ4v) is 3.25. The number of carbonyl (C=O) groups excluding carboxylic acids is 2. The highest BCUT2D eigenvalue weighted by Crippen LogP contribution is 2.30. The first-order chi connectivity index (χ1) is 11.6. The molecule has 0 radical (unpaired) electrons. The predicted molar refractivity (Wildman–Crippen MR) is 88.4 cm³/mol. The Morgan fingerprint density at radius 2 is 2.17 bits per heavy atom. The Bertz CT molecular complexity index is 850. The summed E-state index contributed by atoms with van der Waals surface area (Å²) in [6, 6.07) is 5.80. The van der Waals surface area contributed by atoms with Crippen LogP contribution in [0.2, 0.25) is 0 Å². The van der Waals surface area contributed by atoms with Crippen LogP contribution in [0.1, 0.15) is 15.9 Å². The number of nitrogens with two attached hydrogens (primary N) is 1. The van der Waals surface area contributed by atoms with E-state index in [9.17, 15) is 9.59 Å². The Labute approximate surface area is 139 Å². The van der Waals surface area contributed by atoms with E-state index in [0.29, 0.717) is 31.1 Å². The van der Waals surface area contributed by atoms with Gasteiger partial charge in [0.2, 0.25) is 11.9 Å². The molecule has 2 N–H and O–H groups in total. The monoisotopic (exact) mass is 323 g/mol. The van der Waals surface area contributed by atoms with Crippen LogP contribution in [0.4, 0.5) is 5.95 Å². The van der Waals surface area contributed by atoms with Crippen LogP contribution in [0.25, 0.3) is 5.69 Å². The van der Waals surface area contributed by atoms with E-state index >= 15 is 0 Å². The molecule has 0 atom stereocenters. The molecular formula is C17H17N5O2. The summed E-state index contributed by atoms with van der Waals surface area (Å²) in [5.74, 6) is 0.296. The van der Waals surface area contributed by atoms with Gasteiger partial charge in [-0.05, 0) is 23.8 Å². The number of imidazole rings is 1. The number of anilines is 1. The normalized spacial score (nSPS) is 16.9. The van der Waals surface area contributed by atoms with E-state index in [2.05, 4.69) is 11.6 Å². The van der Waals surface area contributed by atoms with Gasteiger partial charge in [0.1, 0.15) is 0 Å². The number of amides is 2. The Balaban J connectivity index is 1.55. The van der Waals surface area contributed by atoms with Crippen molar-refractivity contribution in [1.82, 2.24) is 19.4 Å². The number of carbonyl (C=O) groups is 2. The zero-order chi connectivity index (χ0) is 16.8. The number of nitrogens with zero attached hydrogens (tertiary/aromatic N) is 4. The SMILES string of the molecule is C=CC(=O)N1CC(N2Cc3ccc(-n4ccnc4N)cc3C2=O)C1. The van der Waals surface area contributed by atoms with Crippen LogP contribution in [0, 0.1) is 0 Å². The number of rotatable bonds is 3. The topological polar surface area (TPSA) is 84.5 Å². The maximum absolute atomic E-state index is 12.7. The van der Waals surface area contributed by atoms with Crippen molar-refractivity contribution in [2.45, 2.75) is 12.6 Å². The summed E-state index contributed by atoms with van der Waals surface area (Å²) >= 11 is 0. The van der Waals surface area contributed by atoms with Crippen molar-refractivity contribution in [2.75, 3.05) is 18.8 Å². The summed E-state index contributed by atoms with van der Waals surface area (Å²) in [5, 5.41) is 0. The van der Waals surface area contributed by atoms with Crippen LogP contribution in [-0.4, -0.2) is 50.3 Å². The van der Waals surface area contributed by atoms with Gasteiger partial charge >= 0.3 is 0 Å². The number of likely N-dealkylation sites (tertiary alicyclic amines) is 1. The smallest absolute Gasteiger partial charge is 0.254 e. The lowest BCUT2D eigenvalue weighted by atomic mass is 10.1. The molecule has 7 nitrogen and oxygen atoms in total. The first-order valence-electron chi connectivity index (χ1n) is 7.73. The van der Waals surface area contributed by atoms with Crippen LogP contribution in [0.3, 0.4) is 0 Å². The van der Waals surface area contributed by atoms with Crippen LogP contribution < -0.4 is 5.73 Å². The molecule has 2 aliphatic heterocycles. The van der Waals surface area contributed by atoms with Crippen molar-refractivity contribution < 1.29 is 9.59 Å². The minimum Gasteiger partial charge on any atom is -0.369 e. The summed E-state index contributed by atoms with van der Waals surface area (Å²) < 4.78 is 1.74. The maximum Gasteiger partial charge on any atom is 0.254 e. The minimum atomic E-state index is -0.0896. The lowest BCUT2D eigenvalue weighted by Crippen LogP contribution is -2.60. The van der Waals surface area contributed by atoms with Gasteiger partial charge in [0.15, 0.2) is 0 Å². The van der Waals surface area contributed by atoms with E-state index in [4.69, 9.17) is 5.73 Å². The molecule has 0 saturated carbocycles. The molecule has 0 unspecified atom stereocenters. The highest BCUT2D eigenvalue weighted by Gasteiger charge is 2.40. The molecule has 0 spiro atoms. The van der Waals surface area contributed by atoms with Crippen molar-refractivity contribution in [3.63, 3.8) is 0 Å². The zero-order valence-electron chi connectivity index (χ0n) is 13.1. The van der Waals surface area contributed by atoms with E-state index in [1.54, 1.807) is 21.9 Å². The molecule has 1 saturated heterocycles. The Kier molecular flexibility index (Phi) is 3.16. The van der Waals surface area contributed by atoms with E-state index < -0.39 is 0 Å². The number of benzene rings is 1. The van der Waals surface area contributed by atoms with Gasteiger partial charge < -0.3 is 15.5 Å². The molecule has 24 heavy (non-hydrogen) atoms. The minimum absolute atomic E-state index is 0.00115. The fraction of sp³-hybridized carbons (Fsp3) is 0.235. The molecule has 3 heterocycles. The summed E-state index contributed by atoms with van der Waals surface area (Å²) in [7, 11) is 0. The first-order valence-corrected chi connectivity index (χ1v) is 7.73. The highest BCUT2D eigenvalue weighted by molar-refractivity contribution is 5.99. The summed E-state index contributed by atoms with van der Waals surface area (Å²) in [4.78, 5) is 31.8. The second kappa shape index (κ2) is 5.23. The van der Waals surface area contributed by atoms with Crippen LogP contribution in [0.5, 0.6) is 0 Å². The molecule has 2 aromatic rings. The Hall–Kier alpha value is -3.09. The summed E-state index contributed by atoms with van der Waals surface area (Å²) in [6.07, 6.45) is 4.69. The van der Waals surface area contributed by atoms with Crippen molar-refractivity contribution in [2.24, 2.45) is 0 Å². The molecule has 0 bridgehead atoms. The van der Waals surface area contributed by atoms with Crippen molar-refractivity contribution in [3.8, 4) is 5.69 Å². The Morgan fingerprint density at radius 1 is 1.38 bits per heavy atom. The molecular weight excluding hydrogens is 306 g/mol. The van der Waals surface area contributed by atoms with Crippen molar-refractivity contribution in [1.29, 1.82) is 0 Å². The average Bonchev–Trinajstić information content (AvgIpc) is 3.10. The molecule has 4 rings (SSSR count). The number of nitrogen functional groups attached to an aromatic ring is 1. The van der Waals surface area contributed by atoms with E-state index in [0.717, 1.165) is 11.3 Å². The second-order valence-electron chi connectivity index (χ2n) is 6.03. The molecule has 1 aromatic heterocycles. The number of hydrogen-bond donors (Lipinski definition) is 1. The average molecular weight is 323 g/mol. The van der Waals surface area contributed by atoms with E-state index in [1.165, 1.54) is 6.08 Å². The Morgan fingerprint density at radius 3 is 2.83 bits per heavy atom. The van der Waals surface area contributed by atoms with Gasteiger partial charge in [0, 0.05) is 43.3 Å². The van der Waals surface area contributed by atoms with Gasteiger partial charge in [-0.1, -0.05) is 12.6 Å². The lowest BCUT2D eigenvalue weighted by Gasteiger charge is -2.43. The third kappa shape index (κ3) is 2.09. The second-order valence-corrected chi connectivity index (χ2v) is 6.03. The number of hydrogen-bond acceptors (Lipinski definition) is 4. The summed E-state index contributed by atoms with van der Waals surface area (Å²) in [6.45, 7) is 5.19. The van der Waals surface area contributed by atoms with Gasteiger partial charge in [-0.2, -0.15) is 0 Å². The quantitative estimate of drug-likeness (QED) is 0.847. The highest BCUT2D eigenvalue weighted by atomic mass is 16.2. The van der Waals surface area contributed by atoms with Gasteiger partial charge in [-0.25, -0.2) is 4.98 Å². The first kappa shape index (κ1) is 14.5. The zero-order valence-corrected chi connectivity index (χ0v) is 13.1. The third-order valence-corrected chi connectivity index (χ3v) is 4.66. The van der Waals surface area contributed by atoms with Gasteiger partial charge in [0.05, 0.1) is 6.04 Å². The van der Waals surface area contributed by atoms with Crippen LogP contribution >= 0.6 is 0 Å².